The van der Waals surface area contributed by atoms with Gasteiger partial charge in [0.05, 0.1) is 25.9 Å². The molecule has 0 N–H and O–H groups in total. The van der Waals surface area contributed by atoms with Crippen molar-refractivity contribution < 1.29 is 9.47 Å². The first-order valence-corrected chi connectivity index (χ1v) is 8.86. The smallest absolute Gasteiger partial charge is 0.0979 e. The summed E-state index contributed by atoms with van der Waals surface area (Å²) in [5.41, 5.74) is 0. The summed E-state index contributed by atoms with van der Waals surface area (Å²) in [5, 5.41) is 0. The molecule has 0 bridgehead atoms. The van der Waals surface area contributed by atoms with Gasteiger partial charge >= 0.3 is 0 Å². The molecule has 0 aliphatic rings. The molecule has 0 fully saturated rings. The Kier molecular flexibility index (Phi) is 11.2. The highest BCUT2D eigenvalue weighted by Crippen LogP contribution is 2.23. The second kappa shape index (κ2) is 9.09. The highest BCUT2D eigenvalue weighted by atomic mass is 127. The summed E-state index contributed by atoms with van der Waals surface area (Å²) in [6.07, 6.45) is 0. The van der Waals surface area contributed by atoms with Crippen LogP contribution in [0.4, 0.5) is 0 Å². The van der Waals surface area contributed by atoms with Crippen molar-refractivity contribution in [1.29, 1.82) is 0 Å². The van der Waals surface area contributed by atoms with E-state index in [9.17, 15) is 0 Å². The molecule has 6 heteroatoms. The molecule has 0 aromatic heterocycles. The SMILES string of the molecule is ICOCC(I)(CI)COCI. The Balaban J connectivity index is 3.70. The van der Waals surface area contributed by atoms with Crippen LogP contribution < -0.4 is 0 Å². The summed E-state index contributed by atoms with van der Waals surface area (Å²) < 4.78 is 13.5. The molecular weight excluding hydrogens is 612 g/mol. The van der Waals surface area contributed by atoms with Gasteiger partial charge in [0.1, 0.15) is 0 Å². The zero-order valence-corrected chi connectivity index (χ0v) is 15.0. The standard InChI is InChI=1S/C6H10I4O2/c7-1-6(10,2-11-4-8)3-12-5-9/h1-5H2. The van der Waals surface area contributed by atoms with Gasteiger partial charge in [-0.15, -0.1) is 0 Å². The van der Waals surface area contributed by atoms with Crippen molar-refractivity contribution in [2.75, 3.05) is 26.9 Å². The van der Waals surface area contributed by atoms with E-state index in [0.29, 0.717) is 0 Å². The summed E-state index contributed by atoms with van der Waals surface area (Å²) in [6.45, 7) is 1.55. The van der Waals surface area contributed by atoms with Crippen molar-refractivity contribution in [3.8, 4) is 0 Å². The minimum Gasteiger partial charge on any atom is -0.370 e. The Morgan fingerprint density at radius 1 is 0.917 bits per heavy atom. The van der Waals surface area contributed by atoms with Crippen LogP contribution in [-0.4, -0.2) is 30.3 Å². The van der Waals surface area contributed by atoms with Gasteiger partial charge in [0.25, 0.3) is 0 Å². The average Bonchev–Trinajstić information content (AvgIpc) is 2.11. The van der Waals surface area contributed by atoms with Crippen LogP contribution in [0, 0.1) is 0 Å². The third kappa shape index (κ3) is 7.17. The third-order valence-corrected chi connectivity index (χ3v) is 5.92. The fraction of sp³-hybridized carbons (Fsp3) is 1.00. The maximum atomic E-state index is 5.38. The van der Waals surface area contributed by atoms with Gasteiger partial charge in [-0.2, -0.15) is 0 Å². The molecule has 0 unspecified atom stereocenters. The molecule has 0 spiro atoms. The number of hydrogen-bond acceptors (Lipinski definition) is 2. The van der Waals surface area contributed by atoms with Crippen LogP contribution in [0.2, 0.25) is 0 Å². The molecule has 0 aromatic rings. The van der Waals surface area contributed by atoms with E-state index in [1.165, 1.54) is 0 Å². The molecule has 2 nitrogen and oxygen atoms in total. The topological polar surface area (TPSA) is 18.5 Å². The largest absolute Gasteiger partial charge is 0.370 e. The first-order chi connectivity index (χ1) is 5.68. The molecule has 0 amide bonds. The van der Waals surface area contributed by atoms with Gasteiger partial charge in [-0.05, 0) is 0 Å². The summed E-state index contributed by atoms with van der Waals surface area (Å²) in [7, 11) is 0. The molecule has 74 valence electrons. The van der Waals surface area contributed by atoms with Crippen molar-refractivity contribution in [3.63, 3.8) is 0 Å². The predicted molar refractivity (Wildman–Crippen MR) is 85.3 cm³/mol. The number of halogens is 4. The molecule has 0 aliphatic heterocycles. The van der Waals surface area contributed by atoms with Crippen LogP contribution in [-0.2, 0) is 9.47 Å². The highest BCUT2D eigenvalue weighted by Gasteiger charge is 2.25. The maximum Gasteiger partial charge on any atom is 0.0979 e. The Morgan fingerprint density at radius 3 is 1.58 bits per heavy atom. The molecule has 0 radical (unpaired) electrons. The number of ether oxygens (including phenoxy) is 2. The van der Waals surface area contributed by atoms with E-state index in [1.54, 1.807) is 0 Å². The lowest BCUT2D eigenvalue weighted by Gasteiger charge is -2.23. The summed E-state index contributed by atoms with van der Waals surface area (Å²) in [6, 6.07) is 0. The van der Waals surface area contributed by atoms with Gasteiger partial charge in [0.15, 0.2) is 0 Å². The molecule has 0 atom stereocenters. The monoisotopic (exact) mass is 622 g/mol. The van der Waals surface area contributed by atoms with E-state index in [-0.39, 0.29) is 3.42 Å². The quantitative estimate of drug-likeness (QED) is 0.321. The predicted octanol–water partition coefficient (Wildman–Crippen LogP) is 3.41. The maximum absolute atomic E-state index is 5.38. The summed E-state index contributed by atoms with van der Waals surface area (Å²) in [5.74, 6) is 0. The van der Waals surface area contributed by atoms with Crippen molar-refractivity contribution in [3.05, 3.63) is 0 Å². The van der Waals surface area contributed by atoms with E-state index in [0.717, 1.165) is 26.9 Å². The molecule has 0 saturated heterocycles. The van der Waals surface area contributed by atoms with Gasteiger partial charge in [-0.25, -0.2) is 0 Å². The number of alkyl halides is 4. The van der Waals surface area contributed by atoms with E-state index < -0.39 is 0 Å². The van der Waals surface area contributed by atoms with Crippen molar-refractivity contribution in [1.82, 2.24) is 0 Å². The van der Waals surface area contributed by atoms with Crippen LogP contribution in [0.3, 0.4) is 0 Å². The second-order valence-electron chi connectivity index (χ2n) is 2.20. The van der Waals surface area contributed by atoms with Crippen LogP contribution in [0.1, 0.15) is 0 Å². The molecule has 0 heterocycles. The zero-order valence-electron chi connectivity index (χ0n) is 6.36. The Bertz CT molecular complexity index is 104. The Hall–Kier alpha value is 2.84. The van der Waals surface area contributed by atoms with Crippen molar-refractivity contribution in [2.24, 2.45) is 0 Å². The first kappa shape index (κ1) is 14.8. The Morgan fingerprint density at radius 2 is 1.33 bits per heavy atom. The fourth-order valence-corrected chi connectivity index (χ4v) is 1.88. The third-order valence-electron chi connectivity index (χ3n) is 1.12. The van der Waals surface area contributed by atoms with Crippen molar-refractivity contribution in [2.45, 2.75) is 3.42 Å². The fourth-order valence-electron chi connectivity index (χ4n) is 0.562. The molecule has 0 saturated carbocycles. The molecule has 0 rings (SSSR count). The molecule has 0 aromatic carbocycles. The molecule has 0 aliphatic carbocycles. The van der Waals surface area contributed by atoms with Crippen LogP contribution >= 0.6 is 90.4 Å². The molecule has 12 heavy (non-hydrogen) atoms. The highest BCUT2D eigenvalue weighted by molar-refractivity contribution is 14.1. The summed E-state index contributed by atoms with van der Waals surface area (Å²) in [4.78, 5) is 0. The van der Waals surface area contributed by atoms with E-state index in [1.807, 2.05) is 0 Å². The summed E-state index contributed by atoms with van der Waals surface area (Å²) >= 11 is 9.22. The minimum absolute atomic E-state index is 0.147. The van der Waals surface area contributed by atoms with Gasteiger partial charge in [-0.1, -0.05) is 90.4 Å². The zero-order chi connectivity index (χ0) is 9.45. The van der Waals surface area contributed by atoms with Crippen LogP contribution in [0.5, 0.6) is 0 Å². The van der Waals surface area contributed by atoms with E-state index in [4.69, 9.17) is 9.47 Å². The van der Waals surface area contributed by atoms with Crippen LogP contribution in [0.25, 0.3) is 0 Å². The average molecular weight is 622 g/mol. The van der Waals surface area contributed by atoms with E-state index >= 15 is 0 Å². The second-order valence-corrected chi connectivity index (χ2v) is 6.50. The normalized spacial score (nSPS) is 12.0. The van der Waals surface area contributed by atoms with Gasteiger partial charge in [-0.3, -0.25) is 0 Å². The number of rotatable bonds is 7. The lowest BCUT2D eigenvalue weighted by Crippen LogP contribution is -2.34. The first-order valence-electron chi connectivity index (χ1n) is 3.21. The van der Waals surface area contributed by atoms with Gasteiger partial charge in [0, 0.05) is 4.43 Å². The van der Waals surface area contributed by atoms with Gasteiger partial charge in [0.2, 0.25) is 0 Å². The van der Waals surface area contributed by atoms with Gasteiger partial charge < -0.3 is 9.47 Å². The number of hydrogen-bond donors (Lipinski definition) is 0. The Labute approximate surface area is 128 Å². The lowest BCUT2D eigenvalue weighted by atomic mass is 10.2. The van der Waals surface area contributed by atoms with Crippen LogP contribution in [0.15, 0.2) is 0 Å². The van der Waals surface area contributed by atoms with E-state index in [2.05, 4.69) is 90.4 Å². The molecular formula is C6H10I4O2. The van der Waals surface area contributed by atoms with Crippen molar-refractivity contribution >= 4 is 90.4 Å². The lowest BCUT2D eigenvalue weighted by molar-refractivity contribution is 0.113. The minimum atomic E-state index is 0.147.